The minimum Gasteiger partial charge on any atom is -0.313 e. The summed E-state index contributed by atoms with van der Waals surface area (Å²) in [5.41, 5.74) is 0. The first kappa shape index (κ1) is 16.0. The van der Waals surface area contributed by atoms with E-state index in [1.807, 2.05) is 0 Å². The van der Waals surface area contributed by atoms with Crippen LogP contribution in [0, 0.1) is 5.92 Å². The van der Waals surface area contributed by atoms with Gasteiger partial charge in [-0.3, -0.25) is 4.90 Å². The Morgan fingerprint density at radius 3 is 2.67 bits per heavy atom. The van der Waals surface area contributed by atoms with Gasteiger partial charge in [-0.15, -0.1) is 0 Å². The van der Waals surface area contributed by atoms with Crippen LogP contribution >= 0.6 is 0 Å². The highest BCUT2D eigenvalue weighted by molar-refractivity contribution is 4.81. The number of nitrogens with one attached hydrogen (secondary N) is 1. The zero-order valence-corrected chi connectivity index (χ0v) is 13.0. The fourth-order valence-corrected chi connectivity index (χ4v) is 2.93. The van der Waals surface area contributed by atoms with Crippen LogP contribution < -0.4 is 5.32 Å². The van der Waals surface area contributed by atoms with Crippen molar-refractivity contribution < 1.29 is 0 Å². The maximum Gasteiger partial charge on any atom is 0.0195 e. The monoisotopic (exact) mass is 254 g/mol. The third kappa shape index (κ3) is 6.19. The predicted octanol–water partition coefficient (Wildman–Crippen LogP) is 3.67. The summed E-state index contributed by atoms with van der Waals surface area (Å²) in [7, 11) is 0. The van der Waals surface area contributed by atoms with E-state index in [4.69, 9.17) is 0 Å². The summed E-state index contributed by atoms with van der Waals surface area (Å²) < 4.78 is 0. The molecule has 18 heavy (non-hydrogen) atoms. The molecule has 2 heteroatoms. The van der Waals surface area contributed by atoms with Crippen molar-refractivity contribution in [3.8, 4) is 0 Å². The molecule has 2 nitrogen and oxygen atoms in total. The normalized spacial score (nSPS) is 23.5. The highest BCUT2D eigenvalue weighted by atomic mass is 15.2. The highest BCUT2D eigenvalue weighted by Gasteiger charge is 2.22. The average molecular weight is 254 g/mol. The molecule has 1 aliphatic heterocycles. The Balaban J connectivity index is 2.22. The molecule has 0 saturated carbocycles. The van der Waals surface area contributed by atoms with Crippen molar-refractivity contribution in [2.45, 2.75) is 78.3 Å². The van der Waals surface area contributed by atoms with Crippen molar-refractivity contribution in [1.29, 1.82) is 0 Å². The molecule has 1 aliphatic rings. The third-order valence-electron chi connectivity index (χ3n) is 4.16. The van der Waals surface area contributed by atoms with Gasteiger partial charge in [0.25, 0.3) is 0 Å². The minimum absolute atomic E-state index is 0.742. The number of likely N-dealkylation sites (tertiary alicyclic amines) is 1. The molecular weight excluding hydrogens is 220 g/mol. The van der Waals surface area contributed by atoms with Crippen LogP contribution in [0.4, 0.5) is 0 Å². The zero-order chi connectivity index (χ0) is 13.4. The Labute approximate surface area is 115 Å². The molecule has 0 aromatic rings. The molecule has 1 saturated heterocycles. The van der Waals surface area contributed by atoms with E-state index < -0.39 is 0 Å². The predicted molar refractivity (Wildman–Crippen MR) is 81.0 cm³/mol. The van der Waals surface area contributed by atoms with Crippen LogP contribution in [0.25, 0.3) is 0 Å². The lowest BCUT2D eigenvalue weighted by molar-refractivity contribution is 0.137. The maximum atomic E-state index is 3.69. The number of nitrogens with zero attached hydrogens (tertiary/aromatic N) is 1. The van der Waals surface area contributed by atoms with Crippen molar-refractivity contribution in [2.75, 3.05) is 19.6 Å². The second-order valence-electron chi connectivity index (χ2n) is 6.46. The van der Waals surface area contributed by atoms with Crippen LogP contribution in [0.15, 0.2) is 0 Å². The number of hydrogen-bond acceptors (Lipinski definition) is 2. The van der Waals surface area contributed by atoms with E-state index in [-0.39, 0.29) is 0 Å². The van der Waals surface area contributed by atoms with Crippen LogP contribution in [-0.4, -0.2) is 36.6 Å². The standard InChI is InChI=1S/C16H34N2/c1-5-11-17-16-10-7-12-18(13-16)15(4)9-6-8-14(2)3/h14-17H,5-13H2,1-4H3. The van der Waals surface area contributed by atoms with Gasteiger partial charge in [0.2, 0.25) is 0 Å². The van der Waals surface area contributed by atoms with Gasteiger partial charge in [-0.1, -0.05) is 33.6 Å². The molecule has 1 heterocycles. The third-order valence-corrected chi connectivity index (χ3v) is 4.16. The molecule has 108 valence electrons. The van der Waals surface area contributed by atoms with Gasteiger partial charge in [-0.2, -0.15) is 0 Å². The van der Waals surface area contributed by atoms with Gasteiger partial charge in [0.05, 0.1) is 0 Å². The van der Waals surface area contributed by atoms with Gasteiger partial charge < -0.3 is 5.32 Å². The van der Waals surface area contributed by atoms with E-state index in [1.165, 1.54) is 58.2 Å². The maximum absolute atomic E-state index is 3.69. The molecule has 0 aliphatic carbocycles. The van der Waals surface area contributed by atoms with Gasteiger partial charge in [0.15, 0.2) is 0 Å². The lowest BCUT2D eigenvalue weighted by atomic mass is 9.99. The Kier molecular flexibility index (Phi) is 7.92. The van der Waals surface area contributed by atoms with Crippen molar-refractivity contribution >= 4 is 0 Å². The van der Waals surface area contributed by atoms with Gasteiger partial charge in [-0.05, 0) is 51.6 Å². The molecule has 0 radical (unpaired) electrons. The number of piperidine rings is 1. The number of rotatable bonds is 8. The Morgan fingerprint density at radius 1 is 1.22 bits per heavy atom. The number of hydrogen-bond donors (Lipinski definition) is 1. The van der Waals surface area contributed by atoms with Crippen LogP contribution in [0.5, 0.6) is 0 Å². The Morgan fingerprint density at radius 2 is 2.00 bits per heavy atom. The summed E-state index contributed by atoms with van der Waals surface area (Å²) in [4.78, 5) is 2.71. The van der Waals surface area contributed by atoms with E-state index in [2.05, 4.69) is 37.9 Å². The lowest BCUT2D eigenvalue weighted by Crippen LogP contribution is -2.49. The fraction of sp³-hybridized carbons (Fsp3) is 1.00. The van der Waals surface area contributed by atoms with E-state index in [9.17, 15) is 0 Å². The topological polar surface area (TPSA) is 15.3 Å². The molecule has 1 N–H and O–H groups in total. The van der Waals surface area contributed by atoms with Crippen molar-refractivity contribution in [3.63, 3.8) is 0 Å². The largest absolute Gasteiger partial charge is 0.313 e. The SMILES string of the molecule is CCCNC1CCCN(C(C)CCCC(C)C)C1. The fourth-order valence-electron chi connectivity index (χ4n) is 2.93. The van der Waals surface area contributed by atoms with Gasteiger partial charge in [-0.25, -0.2) is 0 Å². The van der Waals surface area contributed by atoms with E-state index in [0.717, 1.165) is 18.0 Å². The van der Waals surface area contributed by atoms with Crippen LogP contribution in [-0.2, 0) is 0 Å². The highest BCUT2D eigenvalue weighted by Crippen LogP contribution is 2.17. The van der Waals surface area contributed by atoms with Crippen LogP contribution in [0.2, 0.25) is 0 Å². The molecule has 0 spiro atoms. The summed E-state index contributed by atoms with van der Waals surface area (Å²) in [6.45, 7) is 13.1. The van der Waals surface area contributed by atoms with Crippen molar-refractivity contribution in [3.05, 3.63) is 0 Å². The van der Waals surface area contributed by atoms with Gasteiger partial charge in [0.1, 0.15) is 0 Å². The molecule has 2 atom stereocenters. The minimum atomic E-state index is 0.742. The molecule has 0 amide bonds. The average Bonchev–Trinajstić information content (AvgIpc) is 2.36. The first-order valence-corrected chi connectivity index (χ1v) is 8.11. The summed E-state index contributed by atoms with van der Waals surface area (Å²) in [6, 6.07) is 1.52. The Bertz CT molecular complexity index is 203. The molecule has 0 aromatic carbocycles. The molecule has 2 unspecified atom stereocenters. The van der Waals surface area contributed by atoms with Crippen LogP contribution in [0.1, 0.15) is 66.2 Å². The second kappa shape index (κ2) is 8.92. The summed E-state index contributed by atoms with van der Waals surface area (Å²) in [5, 5.41) is 3.69. The molecule has 1 rings (SSSR count). The van der Waals surface area contributed by atoms with E-state index in [1.54, 1.807) is 0 Å². The van der Waals surface area contributed by atoms with Crippen LogP contribution in [0.3, 0.4) is 0 Å². The molecular formula is C16H34N2. The van der Waals surface area contributed by atoms with Gasteiger partial charge >= 0.3 is 0 Å². The van der Waals surface area contributed by atoms with Gasteiger partial charge in [0, 0.05) is 18.6 Å². The lowest BCUT2D eigenvalue weighted by Gasteiger charge is -2.37. The smallest absolute Gasteiger partial charge is 0.0195 e. The van der Waals surface area contributed by atoms with Crippen molar-refractivity contribution in [2.24, 2.45) is 5.92 Å². The summed E-state index contributed by atoms with van der Waals surface area (Å²) in [5.74, 6) is 0.859. The van der Waals surface area contributed by atoms with E-state index >= 15 is 0 Å². The quantitative estimate of drug-likeness (QED) is 0.711. The molecule has 0 bridgehead atoms. The summed E-state index contributed by atoms with van der Waals surface area (Å²) >= 11 is 0. The van der Waals surface area contributed by atoms with E-state index in [0.29, 0.717) is 0 Å². The molecule has 1 fully saturated rings. The second-order valence-corrected chi connectivity index (χ2v) is 6.46. The Hall–Kier alpha value is -0.0800. The zero-order valence-electron chi connectivity index (χ0n) is 13.0. The summed E-state index contributed by atoms with van der Waals surface area (Å²) in [6.07, 6.45) is 8.14. The molecule has 0 aromatic heterocycles. The first-order chi connectivity index (χ1) is 8.63. The first-order valence-electron chi connectivity index (χ1n) is 8.11. The van der Waals surface area contributed by atoms with Crippen molar-refractivity contribution in [1.82, 2.24) is 10.2 Å².